The number of hydrogen-bond acceptors (Lipinski definition) is 1. The van der Waals surface area contributed by atoms with Gasteiger partial charge in [0.1, 0.15) is 0 Å². The van der Waals surface area contributed by atoms with Crippen molar-refractivity contribution in [3.8, 4) is 0 Å². The van der Waals surface area contributed by atoms with Crippen LogP contribution in [0.3, 0.4) is 0 Å². The molecule has 0 heterocycles. The Labute approximate surface area is 121 Å². The van der Waals surface area contributed by atoms with Crippen LogP contribution in [0.5, 0.6) is 0 Å². The normalized spacial score (nSPS) is 4.20. The Morgan fingerprint density at radius 3 is 1.60 bits per heavy atom. The predicted octanol–water partition coefficient (Wildman–Crippen LogP) is -1.96. The Morgan fingerprint density at radius 1 is 1.60 bits per heavy atom. The van der Waals surface area contributed by atoms with E-state index in [1.807, 2.05) is 0 Å². The standard InChI is InChI=1S/Ba.Co.Fe.O.Sr.4H. The summed E-state index contributed by atoms with van der Waals surface area (Å²) in [4.78, 5) is 0. The molecular weight excluding hydrogens is 356 g/mol. The number of rotatable bonds is 0. The minimum absolute atomic E-state index is 0. The van der Waals surface area contributed by atoms with Crippen LogP contribution >= 0.6 is 0 Å². The molecule has 0 N–H and O–H groups in total. The Kier molecular flexibility index (Phi) is 50.0. The molecule has 0 radical (unpaired) electrons. The van der Waals surface area contributed by atoms with Gasteiger partial charge in [-0.05, 0) is 0 Å². The van der Waals surface area contributed by atoms with Crippen molar-refractivity contribution < 1.29 is 30.9 Å². The SMILES string of the molecule is [BaH2].[O]=[Co][Fe].[SrH2]. The molecule has 0 aromatic heterocycles. The quantitative estimate of drug-likeness (QED) is 0.459. The summed E-state index contributed by atoms with van der Waals surface area (Å²) < 4.78 is 8.79. The van der Waals surface area contributed by atoms with Crippen molar-refractivity contribution in [3.05, 3.63) is 0 Å². The summed E-state index contributed by atoms with van der Waals surface area (Å²) in [5.41, 5.74) is 0. The monoisotopic (exact) mass is 361 g/mol. The van der Waals surface area contributed by atoms with Crippen LogP contribution in [0.25, 0.3) is 0 Å². The van der Waals surface area contributed by atoms with Gasteiger partial charge in [-0.1, -0.05) is 0 Å². The molecule has 0 rings (SSSR count). The first kappa shape index (κ1) is 15.9. The zero-order chi connectivity index (χ0) is 2.71. The Bertz CT molecular complexity index is 19.1. The average Bonchev–Trinajstić information content (AvgIpc) is 0.918. The summed E-state index contributed by atoms with van der Waals surface area (Å²) in [6, 6.07) is 0. The summed E-state index contributed by atoms with van der Waals surface area (Å²) in [5, 5.41) is 0. The fourth-order valence-electron chi connectivity index (χ4n) is 0. The molecule has 0 aliphatic heterocycles. The maximum atomic E-state index is 8.79. The molecule has 0 aliphatic carbocycles. The molecule has 0 aromatic rings. The van der Waals surface area contributed by atoms with Gasteiger partial charge in [0.15, 0.2) is 0 Å². The predicted molar refractivity (Wildman–Crippen MR) is 17.8 cm³/mol. The van der Waals surface area contributed by atoms with Crippen molar-refractivity contribution in [1.82, 2.24) is 0 Å². The second-order valence-corrected chi connectivity index (χ2v) is 0.818. The second kappa shape index (κ2) is 15.7. The third kappa shape index (κ3) is 18.1. The van der Waals surface area contributed by atoms with Crippen LogP contribution in [0.2, 0.25) is 0 Å². The van der Waals surface area contributed by atoms with Crippen LogP contribution in [0.1, 0.15) is 0 Å². The molecule has 0 fully saturated rings. The van der Waals surface area contributed by atoms with Gasteiger partial charge in [0, 0.05) is 0 Å². The van der Waals surface area contributed by atoms with Gasteiger partial charge in [0.2, 0.25) is 0 Å². The fourth-order valence-corrected chi connectivity index (χ4v) is 0. The number of hydrogen-bond donors (Lipinski definition) is 0. The summed E-state index contributed by atoms with van der Waals surface area (Å²) in [6.45, 7) is 0. The molecule has 0 aromatic carbocycles. The summed E-state index contributed by atoms with van der Waals surface area (Å²) in [7, 11) is 0. The van der Waals surface area contributed by atoms with E-state index in [1.54, 1.807) is 0 Å². The Balaban J connectivity index is -0.0000000200. The average molecular weight is 360 g/mol. The van der Waals surface area contributed by atoms with E-state index in [1.165, 1.54) is 0 Å². The van der Waals surface area contributed by atoms with Crippen LogP contribution in [0.4, 0.5) is 0 Å². The molecule has 0 saturated carbocycles. The van der Waals surface area contributed by atoms with Gasteiger partial charge in [-0.15, -0.1) is 0 Å². The van der Waals surface area contributed by atoms with E-state index in [0.717, 1.165) is 0 Å². The maximum absolute atomic E-state index is 8.79. The van der Waals surface area contributed by atoms with E-state index in [9.17, 15) is 0 Å². The topological polar surface area (TPSA) is 17.1 Å². The molecule has 0 amide bonds. The van der Waals surface area contributed by atoms with Crippen molar-refractivity contribution in [2.75, 3.05) is 0 Å². The fraction of sp³-hybridized carbons (Fsp3) is 0. The van der Waals surface area contributed by atoms with Crippen LogP contribution in [-0.4, -0.2) is 94.4 Å². The van der Waals surface area contributed by atoms with Gasteiger partial charge in [-0.25, -0.2) is 0 Å². The second-order valence-electron chi connectivity index (χ2n) is 0.0481. The molecule has 0 unspecified atom stereocenters. The molecule has 1 nitrogen and oxygen atoms in total. The van der Waals surface area contributed by atoms with E-state index < -0.39 is 0 Å². The molecule has 5 heavy (non-hydrogen) atoms. The summed E-state index contributed by atoms with van der Waals surface area (Å²) in [6.07, 6.45) is 0. The molecule has 0 atom stereocenters. The van der Waals surface area contributed by atoms with Gasteiger partial charge >= 0.3 is 125 Å². The van der Waals surface area contributed by atoms with Crippen molar-refractivity contribution in [2.24, 2.45) is 0 Å². The zero-order valence-electron chi connectivity index (χ0n) is 1.10. The van der Waals surface area contributed by atoms with Crippen molar-refractivity contribution >= 4 is 94.4 Å². The van der Waals surface area contributed by atoms with Gasteiger partial charge in [0.25, 0.3) is 0 Å². The van der Waals surface area contributed by atoms with Crippen LogP contribution in [-0.2, 0) is 30.9 Å². The van der Waals surface area contributed by atoms with E-state index in [-0.39, 0.29) is 107 Å². The molecule has 0 spiro atoms. The van der Waals surface area contributed by atoms with Crippen molar-refractivity contribution in [3.63, 3.8) is 0 Å². The Hall–Kier alpha value is 3.88. The summed E-state index contributed by atoms with van der Waals surface area (Å²) in [5.74, 6) is 0. The molecule has 5 heteroatoms. The third-order valence-electron chi connectivity index (χ3n) is 0. The molecule has 0 bridgehead atoms. The van der Waals surface area contributed by atoms with E-state index in [2.05, 4.69) is 14.2 Å². The van der Waals surface area contributed by atoms with E-state index in [0.29, 0.717) is 0 Å². The van der Waals surface area contributed by atoms with E-state index in [4.69, 9.17) is 3.87 Å². The van der Waals surface area contributed by atoms with Crippen LogP contribution in [0.15, 0.2) is 0 Å². The van der Waals surface area contributed by atoms with Crippen LogP contribution < -0.4 is 0 Å². The van der Waals surface area contributed by atoms with Crippen molar-refractivity contribution in [1.29, 1.82) is 0 Å². The molecule has 0 saturated heterocycles. The molecular formula is H4BaCoFeOSr. The molecule has 0 aliphatic rings. The zero-order valence-corrected chi connectivity index (χ0v) is 3.24. The first-order valence-corrected chi connectivity index (χ1v) is 2.56. The van der Waals surface area contributed by atoms with E-state index >= 15 is 0 Å². The van der Waals surface area contributed by atoms with Gasteiger partial charge in [-0.2, -0.15) is 0 Å². The first-order chi connectivity index (χ1) is 1.41. The van der Waals surface area contributed by atoms with Gasteiger partial charge in [-0.3, -0.25) is 0 Å². The Morgan fingerprint density at radius 2 is 1.60 bits per heavy atom. The van der Waals surface area contributed by atoms with Crippen LogP contribution in [0, 0.1) is 0 Å². The first-order valence-electron chi connectivity index (χ1n) is 0.254. The van der Waals surface area contributed by atoms with Crippen molar-refractivity contribution in [2.45, 2.75) is 0 Å². The molecule has 31 valence electrons. The summed E-state index contributed by atoms with van der Waals surface area (Å²) >= 11 is 2.84. The van der Waals surface area contributed by atoms with Gasteiger partial charge in [0.05, 0.1) is 0 Å². The minimum atomic E-state index is -0.0625. The third-order valence-corrected chi connectivity index (χ3v) is 0. The van der Waals surface area contributed by atoms with Gasteiger partial charge < -0.3 is 0 Å².